The molecule has 1 aliphatic rings. The summed E-state index contributed by atoms with van der Waals surface area (Å²) in [6.45, 7) is 2.04. The number of aryl methyl sites for hydroxylation is 1. The number of aromatic nitrogens is 1. The highest BCUT2D eigenvalue weighted by Gasteiger charge is 2.32. The second kappa shape index (κ2) is 5.20. The number of para-hydroxylation sites is 1. The van der Waals surface area contributed by atoms with E-state index in [1.54, 1.807) is 11.0 Å². The minimum atomic E-state index is -0.173. The molecule has 108 valence electrons. The lowest BCUT2D eigenvalue weighted by Crippen LogP contribution is -2.37. The lowest BCUT2D eigenvalue weighted by molar-refractivity contribution is -0.120. The normalized spacial score (nSPS) is 17.7. The summed E-state index contributed by atoms with van der Waals surface area (Å²) in [6.07, 6.45) is 1.49. The van der Waals surface area contributed by atoms with Gasteiger partial charge in [-0.25, -0.2) is 4.98 Å². The van der Waals surface area contributed by atoms with Crippen LogP contribution in [0, 0.1) is 0 Å². The van der Waals surface area contributed by atoms with Crippen LogP contribution in [0.15, 0.2) is 36.4 Å². The highest BCUT2D eigenvalue weighted by Crippen LogP contribution is 2.35. The van der Waals surface area contributed by atoms with Crippen molar-refractivity contribution in [2.45, 2.75) is 25.7 Å². The number of likely N-dealkylation sites (N-methyl/N-ethyl adjacent to an activating group) is 1. The average molecular weight is 281 g/mol. The van der Waals surface area contributed by atoms with Gasteiger partial charge in [-0.1, -0.05) is 31.2 Å². The van der Waals surface area contributed by atoms with Gasteiger partial charge in [0, 0.05) is 18.4 Å². The third-order valence-corrected chi connectivity index (χ3v) is 4.15. The summed E-state index contributed by atoms with van der Waals surface area (Å²) >= 11 is 0. The molecule has 0 saturated carbocycles. The monoisotopic (exact) mass is 281 g/mol. The summed E-state index contributed by atoms with van der Waals surface area (Å²) in [5.74, 6) is 0.454. The van der Waals surface area contributed by atoms with Gasteiger partial charge in [-0.05, 0) is 36.1 Å². The van der Waals surface area contributed by atoms with Crippen molar-refractivity contribution in [2.24, 2.45) is 0 Å². The number of nitrogens with two attached hydrogens (primary N) is 1. The molecule has 0 saturated heterocycles. The molecule has 2 aromatic rings. The molecule has 1 aromatic carbocycles. The molecular weight excluding hydrogens is 262 g/mol. The summed E-state index contributed by atoms with van der Waals surface area (Å²) in [5, 5.41) is 0. The summed E-state index contributed by atoms with van der Waals surface area (Å²) < 4.78 is 0. The highest BCUT2D eigenvalue weighted by molar-refractivity contribution is 6.00. The smallest absolute Gasteiger partial charge is 0.234 e. The van der Waals surface area contributed by atoms with Gasteiger partial charge in [0.1, 0.15) is 5.82 Å². The molecule has 0 fully saturated rings. The van der Waals surface area contributed by atoms with E-state index < -0.39 is 0 Å². The van der Waals surface area contributed by atoms with Gasteiger partial charge < -0.3 is 10.6 Å². The van der Waals surface area contributed by atoms with E-state index in [4.69, 9.17) is 5.73 Å². The van der Waals surface area contributed by atoms with Gasteiger partial charge in [0.25, 0.3) is 0 Å². The molecular formula is C17H19N3O. The molecule has 2 N–H and O–H groups in total. The fourth-order valence-corrected chi connectivity index (χ4v) is 3.04. The fourth-order valence-electron chi connectivity index (χ4n) is 3.04. The second-order valence-electron chi connectivity index (χ2n) is 5.41. The van der Waals surface area contributed by atoms with Crippen LogP contribution in [0.1, 0.15) is 29.7 Å². The summed E-state index contributed by atoms with van der Waals surface area (Å²) in [6, 6.07) is 11.8. The largest absolute Gasteiger partial charge is 0.384 e. The topological polar surface area (TPSA) is 59.2 Å². The summed E-state index contributed by atoms with van der Waals surface area (Å²) in [5.41, 5.74) is 9.88. The Balaban J connectivity index is 2.07. The van der Waals surface area contributed by atoms with E-state index in [-0.39, 0.29) is 11.8 Å². The van der Waals surface area contributed by atoms with Crippen LogP contribution in [-0.4, -0.2) is 17.9 Å². The molecule has 1 aromatic heterocycles. The molecule has 0 bridgehead atoms. The van der Waals surface area contributed by atoms with Crippen molar-refractivity contribution in [3.05, 3.63) is 53.2 Å². The van der Waals surface area contributed by atoms with Crippen LogP contribution in [0.25, 0.3) is 0 Å². The van der Waals surface area contributed by atoms with E-state index in [1.807, 2.05) is 38.2 Å². The number of amides is 1. The number of nitrogens with zero attached hydrogens (tertiary/aromatic N) is 2. The zero-order chi connectivity index (χ0) is 15.0. The maximum atomic E-state index is 12.7. The third kappa shape index (κ3) is 2.27. The molecule has 21 heavy (non-hydrogen) atoms. The quantitative estimate of drug-likeness (QED) is 0.920. The van der Waals surface area contributed by atoms with Crippen molar-refractivity contribution in [1.82, 2.24) is 4.98 Å². The van der Waals surface area contributed by atoms with E-state index in [0.29, 0.717) is 5.82 Å². The number of nitrogen functional groups attached to an aromatic ring is 1. The SMILES string of the molecule is CCc1nc(N)ccc1C1Cc2ccccc2N(C)C1=O. The Morgan fingerprint density at radius 3 is 2.81 bits per heavy atom. The Hall–Kier alpha value is -2.36. The molecule has 4 nitrogen and oxygen atoms in total. The number of hydrogen-bond donors (Lipinski definition) is 1. The molecule has 3 rings (SSSR count). The summed E-state index contributed by atoms with van der Waals surface area (Å²) in [7, 11) is 1.84. The van der Waals surface area contributed by atoms with Crippen LogP contribution in [-0.2, 0) is 17.6 Å². The number of benzene rings is 1. The lowest BCUT2D eigenvalue weighted by atomic mass is 9.85. The molecule has 0 radical (unpaired) electrons. The van der Waals surface area contributed by atoms with Crippen molar-refractivity contribution in [3.8, 4) is 0 Å². The van der Waals surface area contributed by atoms with E-state index in [1.165, 1.54) is 5.56 Å². The maximum absolute atomic E-state index is 12.7. The Morgan fingerprint density at radius 1 is 1.29 bits per heavy atom. The van der Waals surface area contributed by atoms with Crippen LogP contribution in [0.4, 0.5) is 11.5 Å². The van der Waals surface area contributed by atoms with Gasteiger partial charge in [0.15, 0.2) is 0 Å². The highest BCUT2D eigenvalue weighted by atomic mass is 16.2. The van der Waals surface area contributed by atoms with Crippen molar-refractivity contribution >= 4 is 17.4 Å². The number of rotatable bonds is 2. The minimum absolute atomic E-state index is 0.120. The van der Waals surface area contributed by atoms with Crippen molar-refractivity contribution < 1.29 is 4.79 Å². The summed E-state index contributed by atoms with van der Waals surface area (Å²) in [4.78, 5) is 18.8. The molecule has 0 spiro atoms. The van der Waals surface area contributed by atoms with Gasteiger partial charge in [-0.3, -0.25) is 4.79 Å². The van der Waals surface area contributed by atoms with Gasteiger partial charge in [0.05, 0.1) is 5.92 Å². The van der Waals surface area contributed by atoms with E-state index >= 15 is 0 Å². The van der Waals surface area contributed by atoms with Gasteiger partial charge >= 0.3 is 0 Å². The van der Waals surface area contributed by atoms with Crippen LogP contribution in [0.3, 0.4) is 0 Å². The lowest BCUT2D eigenvalue weighted by Gasteiger charge is -2.32. The molecule has 1 aliphatic heterocycles. The molecule has 1 unspecified atom stereocenters. The Kier molecular flexibility index (Phi) is 3.37. The van der Waals surface area contributed by atoms with Gasteiger partial charge in [-0.15, -0.1) is 0 Å². The van der Waals surface area contributed by atoms with Gasteiger partial charge in [-0.2, -0.15) is 0 Å². The molecule has 1 atom stereocenters. The molecule has 1 amide bonds. The van der Waals surface area contributed by atoms with Gasteiger partial charge in [0.2, 0.25) is 5.91 Å². The Morgan fingerprint density at radius 2 is 2.05 bits per heavy atom. The first-order valence-corrected chi connectivity index (χ1v) is 7.22. The van der Waals surface area contributed by atoms with Crippen molar-refractivity contribution in [3.63, 3.8) is 0 Å². The predicted octanol–water partition coefficient (Wildman–Crippen LogP) is 2.53. The van der Waals surface area contributed by atoms with Crippen LogP contribution in [0.2, 0.25) is 0 Å². The van der Waals surface area contributed by atoms with Crippen LogP contribution in [0.5, 0.6) is 0 Å². The van der Waals surface area contributed by atoms with Crippen LogP contribution < -0.4 is 10.6 Å². The number of carbonyl (C=O) groups excluding carboxylic acids is 1. The number of anilines is 2. The molecule has 0 aliphatic carbocycles. The van der Waals surface area contributed by atoms with E-state index in [0.717, 1.165) is 29.8 Å². The number of pyridine rings is 1. The molecule has 2 heterocycles. The maximum Gasteiger partial charge on any atom is 0.234 e. The first-order chi connectivity index (χ1) is 10.1. The fraction of sp³-hybridized carbons (Fsp3) is 0.294. The molecule has 4 heteroatoms. The zero-order valence-electron chi connectivity index (χ0n) is 12.3. The standard InChI is InChI=1S/C17H19N3O/c1-3-14-12(8-9-16(18)19-14)13-10-11-6-4-5-7-15(11)20(2)17(13)21/h4-9,13H,3,10H2,1-2H3,(H2,18,19). The first-order valence-electron chi connectivity index (χ1n) is 7.22. The number of carbonyl (C=O) groups is 1. The Labute approximate surface area is 124 Å². The third-order valence-electron chi connectivity index (χ3n) is 4.15. The minimum Gasteiger partial charge on any atom is -0.384 e. The Bertz CT molecular complexity index is 696. The van der Waals surface area contributed by atoms with E-state index in [2.05, 4.69) is 11.1 Å². The predicted molar refractivity (Wildman–Crippen MR) is 84.3 cm³/mol. The first kappa shape index (κ1) is 13.6. The van der Waals surface area contributed by atoms with Crippen molar-refractivity contribution in [1.29, 1.82) is 0 Å². The average Bonchev–Trinajstić information content (AvgIpc) is 2.51. The second-order valence-corrected chi connectivity index (χ2v) is 5.41. The number of hydrogen-bond acceptors (Lipinski definition) is 3. The van der Waals surface area contributed by atoms with E-state index in [9.17, 15) is 4.79 Å². The van der Waals surface area contributed by atoms with Crippen molar-refractivity contribution in [2.75, 3.05) is 17.7 Å². The zero-order valence-corrected chi connectivity index (χ0v) is 12.3. The van der Waals surface area contributed by atoms with Crippen LogP contribution >= 0.6 is 0 Å². The number of fused-ring (bicyclic) bond motifs is 1.